The SMILES string of the molecule is O=C(Nc1ccc2c(c1)OCCO2)c1cn(CC2(O)CCN(Cc3ccccc3)CC2)nn1. The lowest BCUT2D eigenvalue weighted by molar-refractivity contribution is -0.0383. The Labute approximate surface area is 191 Å². The number of nitrogens with one attached hydrogen (secondary N) is 1. The molecule has 3 heterocycles. The minimum absolute atomic E-state index is 0.190. The highest BCUT2D eigenvalue weighted by atomic mass is 16.6. The number of carbonyl (C=O) groups is 1. The molecule has 172 valence electrons. The summed E-state index contributed by atoms with van der Waals surface area (Å²) in [5.41, 5.74) is 1.18. The lowest BCUT2D eigenvalue weighted by Crippen LogP contribution is -2.46. The van der Waals surface area contributed by atoms with E-state index in [-0.39, 0.29) is 11.6 Å². The maximum absolute atomic E-state index is 12.6. The van der Waals surface area contributed by atoms with Gasteiger partial charge in [0.15, 0.2) is 17.2 Å². The summed E-state index contributed by atoms with van der Waals surface area (Å²) >= 11 is 0. The Morgan fingerprint density at radius 2 is 1.82 bits per heavy atom. The first-order valence-corrected chi connectivity index (χ1v) is 11.2. The summed E-state index contributed by atoms with van der Waals surface area (Å²) in [4.78, 5) is 15.0. The van der Waals surface area contributed by atoms with Crippen molar-refractivity contribution in [1.29, 1.82) is 0 Å². The average Bonchev–Trinajstić information content (AvgIpc) is 3.29. The number of benzene rings is 2. The van der Waals surface area contributed by atoms with Gasteiger partial charge in [0, 0.05) is 31.4 Å². The summed E-state index contributed by atoms with van der Waals surface area (Å²) < 4.78 is 12.6. The summed E-state index contributed by atoms with van der Waals surface area (Å²) in [6.07, 6.45) is 2.85. The first-order chi connectivity index (χ1) is 16.1. The number of nitrogens with zero attached hydrogens (tertiary/aromatic N) is 4. The number of hydrogen-bond acceptors (Lipinski definition) is 7. The highest BCUT2D eigenvalue weighted by molar-refractivity contribution is 6.02. The number of piperidine rings is 1. The van der Waals surface area contributed by atoms with Crippen LogP contribution >= 0.6 is 0 Å². The molecule has 0 radical (unpaired) electrons. The molecule has 1 saturated heterocycles. The maximum atomic E-state index is 12.6. The molecule has 0 spiro atoms. The van der Waals surface area contributed by atoms with Crippen molar-refractivity contribution in [2.45, 2.75) is 31.5 Å². The van der Waals surface area contributed by atoms with Gasteiger partial charge in [0.25, 0.3) is 5.91 Å². The van der Waals surface area contributed by atoms with E-state index in [0.717, 1.165) is 19.6 Å². The van der Waals surface area contributed by atoms with Gasteiger partial charge in [0.05, 0.1) is 18.3 Å². The summed E-state index contributed by atoms with van der Waals surface area (Å²) in [6, 6.07) is 15.6. The zero-order valence-electron chi connectivity index (χ0n) is 18.3. The van der Waals surface area contributed by atoms with E-state index in [0.29, 0.717) is 49.8 Å². The number of carbonyl (C=O) groups excluding carboxylic acids is 1. The van der Waals surface area contributed by atoms with Gasteiger partial charge in [-0.2, -0.15) is 0 Å². The van der Waals surface area contributed by atoms with Crippen molar-refractivity contribution in [3.63, 3.8) is 0 Å². The van der Waals surface area contributed by atoms with Gasteiger partial charge < -0.3 is 19.9 Å². The van der Waals surface area contributed by atoms with Gasteiger partial charge in [-0.1, -0.05) is 35.5 Å². The van der Waals surface area contributed by atoms with Crippen molar-refractivity contribution in [3.8, 4) is 11.5 Å². The molecular formula is C24H27N5O4. The van der Waals surface area contributed by atoms with Gasteiger partial charge in [0.1, 0.15) is 13.2 Å². The van der Waals surface area contributed by atoms with Crippen LogP contribution in [0, 0.1) is 0 Å². The molecule has 0 aliphatic carbocycles. The van der Waals surface area contributed by atoms with Crippen molar-refractivity contribution >= 4 is 11.6 Å². The van der Waals surface area contributed by atoms with E-state index in [9.17, 15) is 9.90 Å². The summed E-state index contributed by atoms with van der Waals surface area (Å²) in [5, 5.41) is 21.9. The van der Waals surface area contributed by atoms with E-state index in [1.54, 1.807) is 29.1 Å². The average molecular weight is 450 g/mol. The third kappa shape index (κ3) is 5.15. The van der Waals surface area contributed by atoms with E-state index in [2.05, 4.69) is 32.7 Å². The van der Waals surface area contributed by atoms with Crippen LogP contribution in [-0.4, -0.2) is 62.8 Å². The molecule has 9 heteroatoms. The molecule has 1 aromatic heterocycles. The van der Waals surface area contributed by atoms with E-state index in [1.807, 2.05) is 18.2 Å². The number of aromatic nitrogens is 3. The number of anilines is 1. The third-order valence-corrected chi connectivity index (χ3v) is 6.06. The van der Waals surface area contributed by atoms with Crippen molar-refractivity contribution in [3.05, 3.63) is 66.0 Å². The van der Waals surface area contributed by atoms with Gasteiger partial charge in [-0.15, -0.1) is 5.10 Å². The molecule has 9 nitrogen and oxygen atoms in total. The van der Waals surface area contributed by atoms with Crippen LogP contribution in [0.25, 0.3) is 0 Å². The third-order valence-electron chi connectivity index (χ3n) is 6.06. The van der Waals surface area contributed by atoms with Crippen LogP contribution in [0.15, 0.2) is 54.7 Å². The van der Waals surface area contributed by atoms with E-state index < -0.39 is 5.60 Å². The zero-order chi connectivity index (χ0) is 22.7. The Kier molecular flexibility index (Phi) is 5.97. The number of likely N-dealkylation sites (tertiary alicyclic amines) is 1. The molecule has 5 rings (SSSR count). The maximum Gasteiger partial charge on any atom is 0.277 e. The fourth-order valence-corrected chi connectivity index (χ4v) is 4.22. The van der Waals surface area contributed by atoms with Crippen molar-refractivity contribution < 1.29 is 19.4 Å². The second kappa shape index (κ2) is 9.21. The highest BCUT2D eigenvalue weighted by Crippen LogP contribution is 2.32. The number of fused-ring (bicyclic) bond motifs is 1. The molecule has 1 fully saturated rings. The molecule has 3 aromatic rings. The van der Waals surface area contributed by atoms with Crippen LogP contribution in [0.1, 0.15) is 28.9 Å². The first kappa shape index (κ1) is 21.4. The van der Waals surface area contributed by atoms with Crippen molar-refractivity contribution in [2.75, 3.05) is 31.6 Å². The van der Waals surface area contributed by atoms with E-state index in [1.165, 1.54) is 5.56 Å². The molecule has 1 amide bonds. The molecule has 0 unspecified atom stereocenters. The van der Waals surface area contributed by atoms with Gasteiger partial charge in [0.2, 0.25) is 0 Å². The highest BCUT2D eigenvalue weighted by Gasteiger charge is 2.33. The molecule has 33 heavy (non-hydrogen) atoms. The molecule has 0 saturated carbocycles. The van der Waals surface area contributed by atoms with Crippen LogP contribution < -0.4 is 14.8 Å². The normalized spacial score (nSPS) is 17.5. The van der Waals surface area contributed by atoms with Gasteiger partial charge >= 0.3 is 0 Å². The molecule has 2 N–H and O–H groups in total. The van der Waals surface area contributed by atoms with Crippen molar-refractivity contribution in [1.82, 2.24) is 19.9 Å². The summed E-state index contributed by atoms with van der Waals surface area (Å²) in [6.45, 7) is 3.78. The topological polar surface area (TPSA) is 102 Å². The Bertz CT molecular complexity index is 1110. The number of rotatable bonds is 6. The minimum Gasteiger partial charge on any atom is -0.486 e. The van der Waals surface area contributed by atoms with Gasteiger partial charge in [-0.05, 0) is 30.5 Å². The molecule has 0 atom stereocenters. The Morgan fingerprint density at radius 1 is 1.06 bits per heavy atom. The van der Waals surface area contributed by atoms with Crippen LogP contribution in [0.2, 0.25) is 0 Å². The quantitative estimate of drug-likeness (QED) is 0.596. The lowest BCUT2D eigenvalue weighted by atomic mass is 9.91. The minimum atomic E-state index is -0.871. The van der Waals surface area contributed by atoms with Gasteiger partial charge in [-0.3, -0.25) is 9.69 Å². The largest absolute Gasteiger partial charge is 0.486 e. The molecule has 2 aromatic carbocycles. The second-order valence-corrected chi connectivity index (χ2v) is 8.60. The lowest BCUT2D eigenvalue weighted by Gasteiger charge is -2.38. The van der Waals surface area contributed by atoms with E-state index in [4.69, 9.17) is 9.47 Å². The first-order valence-electron chi connectivity index (χ1n) is 11.2. The summed E-state index contributed by atoms with van der Waals surface area (Å²) in [5.74, 6) is 0.888. The van der Waals surface area contributed by atoms with Crippen LogP contribution in [0.5, 0.6) is 11.5 Å². The molecule has 2 aliphatic rings. The number of ether oxygens (including phenoxy) is 2. The van der Waals surface area contributed by atoms with Crippen molar-refractivity contribution in [2.24, 2.45) is 0 Å². The summed E-state index contributed by atoms with van der Waals surface area (Å²) in [7, 11) is 0. The van der Waals surface area contributed by atoms with Gasteiger partial charge in [-0.25, -0.2) is 4.68 Å². The number of hydrogen-bond donors (Lipinski definition) is 2. The van der Waals surface area contributed by atoms with Crippen LogP contribution in [0.4, 0.5) is 5.69 Å². The Hall–Kier alpha value is -3.43. The van der Waals surface area contributed by atoms with E-state index >= 15 is 0 Å². The van der Waals surface area contributed by atoms with Crippen LogP contribution in [-0.2, 0) is 13.1 Å². The molecule has 2 aliphatic heterocycles. The predicted molar refractivity (Wildman–Crippen MR) is 121 cm³/mol. The standard InChI is InChI=1S/C24H27N5O4/c30-23(25-19-6-7-21-22(14-19)33-13-12-32-21)20-16-29(27-26-20)17-24(31)8-10-28(11-9-24)15-18-4-2-1-3-5-18/h1-7,14,16,31H,8-13,15,17H2,(H,25,30). The number of aliphatic hydroxyl groups is 1. The number of amides is 1. The zero-order valence-corrected chi connectivity index (χ0v) is 18.3. The monoisotopic (exact) mass is 449 g/mol. The fourth-order valence-electron chi connectivity index (χ4n) is 4.22. The smallest absolute Gasteiger partial charge is 0.277 e. The van der Waals surface area contributed by atoms with Crippen LogP contribution in [0.3, 0.4) is 0 Å². The Balaban J connectivity index is 1.16. The second-order valence-electron chi connectivity index (χ2n) is 8.60. The predicted octanol–water partition coefficient (Wildman–Crippen LogP) is 2.33. The fraction of sp³-hybridized carbons (Fsp3) is 0.375. The molecular weight excluding hydrogens is 422 g/mol. The Morgan fingerprint density at radius 3 is 2.61 bits per heavy atom. The molecule has 0 bridgehead atoms.